The van der Waals surface area contributed by atoms with E-state index in [1.165, 1.54) is 10.9 Å². The predicted octanol–water partition coefficient (Wildman–Crippen LogP) is 2.16. The molecular weight excluding hydrogens is 271 g/mol. The number of nitrogens with one attached hydrogen (secondary N) is 1. The van der Waals surface area contributed by atoms with Crippen LogP contribution in [0.3, 0.4) is 0 Å². The van der Waals surface area contributed by atoms with Crippen LogP contribution in [-0.2, 0) is 18.2 Å². The molecule has 0 spiro atoms. The van der Waals surface area contributed by atoms with E-state index in [0.717, 1.165) is 0 Å². The van der Waals surface area contributed by atoms with Crippen molar-refractivity contribution in [1.82, 2.24) is 15.1 Å². The summed E-state index contributed by atoms with van der Waals surface area (Å²) < 4.78 is 45.5. The molecule has 1 unspecified atom stereocenters. The maximum Gasteiger partial charge on any atom is 0.404 e. The summed E-state index contributed by atoms with van der Waals surface area (Å²) in [4.78, 5) is 0. The molecule has 1 aromatic rings. The highest BCUT2D eigenvalue weighted by Crippen LogP contribution is 2.23. The van der Waals surface area contributed by atoms with Crippen molar-refractivity contribution in [1.29, 1.82) is 0 Å². The first kappa shape index (κ1) is 17.0. The summed E-state index contributed by atoms with van der Waals surface area (Å²) in [6.45, 7) is 5.00. The second-order valence-electron chi connectivity index (χ2n) is 5.24. The van der Waals surface area contributed by atoms with Gasteiger partial charge in [0.15, 0.2) is 0 Å². The van der Waals surface area contributed by atoms with Gasteiger partial charge >= 0.3 is 6.18 Å². The largest absolute Gasteiger partial charge is 0.404 e. The Hall–Kier alpha value is -1.08. The van der Waals surface area contributed by atoms with Crippen LogP contribution in [-0.4, -0.2) is 41.8 Å². The van der Waals surface area contributed by atoms with Crippen molar-refractivity contribution in [2.45, 2.75) is 32.5 Å². The second-order valence-corrected chi connectivity index (χ2v) is 5.24. The van der Waals surface area contributed by atoms with Gasteiger partial charge in [-0.1, -0.05) is 13.8 Å². The van der Waals surface area contributed by atoms with Crippen molar-refractivity contribution < 1.29 is 17.9 Å². The molecule has 0 aliphatic carbocycles. The first-order valence-electron chi connectivity index (χ1n) is 6.64. The van der Waals surface area contributed by atoms with Crippen molar-refractivity contribution in [2.24, 2.45) is 13.0 Å². The number of hydrogen-bond donors (Lipinski definition) is 1. The minimum absolute atomic E-state index is 0.123. The zero-order valence-corrected chi connectivity index (χ0v) is 12.1. The molecule has 1 aromatic heterocycles. The van der Waals surface area contributed by atoms with E-state index in [4.69, 9.17) is 4.74 Å². The molecule has 20 heavy (non-hydrogen) atoms. The van der Waals surface area contributed by atoms with Crippen molar-refractivity contribution in [3.63, 3.8) is 0 Å². The second kappa shape index (κ2) is 7.64. The van der Waals surface area contributed by atoms with E-state index in [1.807, 2.05) is 13.8 Å². The molecule has 0 fully saturated rings. The van der Waals surface area contributed by atoms with E-state index in [0.29, 0.717) is 18.1 Å². The third-order valence-corrected chi connectivity index (χ3v) is 2.68. The Morgan fingerprint density at radius 3 is 2.60 bits per heavy atom. The van der Waals surface area contributed by atoms with Gasteiger partial charge in [0.25, 0.3) is 0 Å². The Morgan fingerprint density at radius 2 is 2.10 bits per heavy atom. The third-order valence-electron chi connectivity index (χ3n) is 2.68. The lowest BCUT2D eigenvalue weighted by Gasteiger charge is -2.21. The van der Waals surface area contributed by atoms with Gasteiger partial charge in [-0.05, 0) is 17.9 Å². The summed E-state index contributed by atoms with van der Waals surface area (Å²) in [6.07, 6.45) is -1.36. The van der Waals surface area contributed by atoms with Gasteiger partial charge in [-0.2, -0.15) is 18.3 Å². The van der Waals surface area contributed by atoms with Crippen LogP contribution < -0.4 is 5.32 Å². The Balaban J connectivity index is 2.41. The van der Waals surface area contributed by atoms with Gasteiger partial charge in [-0.15, -0.1) is 0 Å². The number of ether oxygens (including phenoxy) is 1. The fourth-order valence-corrected chi connectivity index (χ4v) is 1.74. The summed E-state index contributed by atoms with van der Waals surface area (Å²) in [5.74, 6) is 0.379. The number of aromatic nitrogens is 2. The number of alkyl halides is 3. The Bertz CT molecular complexity index is 390. The fourth-order valence-electron chi connectivity index (χ4n) is 1.74. The molecule has 0 bridgehead atoms. The van der Waals surface area contributed by atoms with Gasteiger partial charge in [0, 0.05) is 26.4 Å². The van der Waals surface area contributed by atoms with E-state index in [9.17, 15) is 13.2 Å². The molecule has 7 heteroatoms. The number of aryl methyl sites for hydroxylation is 1. The average Bonchev–Trinajstić information content (AvgIpc) is 2.71. The van der Waals surface area contributed by atoms with Crippen molar-refractivity contribution in [3.05, 3.63) is 18.0 Å². The molecule has 0 aliphatic heterocycles. The maximum atomic E-state index is 12.9. The Labute approximate surface area is 117 Å². The Kier molecular flexibility index (Phi) is 6.48. The van der Waals surface area contributed by atoms with Crippen LogP contribution in [0.1, 0.15) is 19.4 Å². The van der Waals surface area contributed by atoms with Gasteiger partial charge in [-0.25, -0.2) is 0 Å². The summed E-state index contributed by atoms with van der Waals surface area (Å²) >= 11 is 0. The molecule has 0 saturated heterocycles. The molecule has 1 N–H and O–H groups in total. The van der Waals surface area contributed by atoms with Crippen LogP contribution in [0.5, 0.6) is 0 Å². The SMILES string of the molecule is CC(C)COCCNC(Cc1cnn(C)c1)C(F)(F)F. The minimum Gasteiger partial charge on any atom is -0.380 e. The quantitative estimate of drug-likeness (QED) is 0.747. The topological polar surface area (TPSA) is 39.1 Å². The lowest BCUT2D eigenvalue weighted by atomic mass is 10.1. The standard InChI is InChI=1S/C13H22F3N3O/c1-10(2)9-20-5-4-17-12(13(14,15)16)6-11-7-18-19(3)8-11/h7-8,10,12,17H,4-6,9H2,1-3H3. The van der Waals surface area contributed by atoms with Crippen LogP contribution >= 0.6 is 0 Å². The van der Waals surface area contributed by atoms with E-state index in [2.05, 4.69) is 10.4 Å². The van der Waals surface area contributed by atoms with E-state index < -0.39 is 12.2 Å². The monoisotopic (exact) mass is 293 g/mol. The van der Waals surface area contributed by atoms with Crippen LogP contribution in [0.25, 0.3) is 0 Å². The van der Waals surface area contributed by atoms with Crippen LogP contribution in [0.2, 0.25) is 0 Å². The zero-order chi connectivity index (χ0) is 15.2. The van der Waals surface area contributed by atoms with Gasteiger partial charge < -0.3 is 10.1 Å². The highest BCUT2D eigenvalue weighted by atomic mass is 19.4. The van der Waals surface area contributed by atoms with Gasteiger partial charge in [-0.3, -0.25) is 4.68 Å². The molecule has 0 radical (unpaired) electrons. The molecule has 1 heterocycles. The highest BCUT2D eigenvalue weighted by molar-refractivity contribution is 5.07. The van der Waals surface area contributed by atoms with E-state index in [-0.39, 0.29) is 19.6 Å². The normalized spacial score (nSPS) is 13.9. The van der Waals surface area contributed by atoms with Gasteiger partial charge in [0.1, 0.15) is 6.04 Å². The molecular formula is C13H22F3N3O. The summed E-state index contributed by atoms with van der Waals surface area (Å²) in [5, 5.41) is 6.38. The van der Waals surface area contributed by atoms with Crippen LogP contribution in [0.4, 0.5) is 13.2 Å². The van der Waals surface area contributed by atoms with Crippen molar-refractivity contribution in [3.8, 4) is 0 Å². The first-order chi connectivity index (χ1) is 9.29. The molecule has 116 valence electrons. The van der Waals surface area contributed by atoms with E-state index >= 15 is 0 Å². The Morgan fingerprint density at radius 1 is 1.40 bits per heavy atom. The number of hydrogen-bond acceptors (Lipinski definition) is 3. The molecule has 1 atom stereocenters. The number of nitrogens with zero attached hydrogens (tertiary/aromatic N) is 2. The van der Waals surface area contributed by atoms with Gasteiger partial charge in [0.2, 0.25) is 0 Å². The predicted molar refractivity (Wildman–Crippen MR) is 70.4 cm³/mol. The molecule has 0 amide bonds. The van der Waals surface area contributed by atoms with E-state index in [1.54, 1.807) is 13.2 Å². The molecule has 4 nitrogen and oxygen atoms in total. The maximum absolute atomic E-state index is 12.9. The van der Waals surface area contributed by atoms with Crippen molar-refractivity contribution in [2.75, 3.05) is 19.8 Å². The lowest BCUT2D eigenvalue weighted by Crippen LogP contribution is -2.45. The number of halogens is 3. The lowest BCUT2D eigenvalue weighted by molar-refractivity contribution is -0.156. The summed E-state index contributed by atoms with van der Waals surface area (Å²) in [6, 6.07) is -1.57. The molecule has 1 rings (SSSR count). The molecule has 0 aliphatic rings. The summed E-state index contributed by atoms with van der Waals surface area (Å²) in [7, 11) is 1.68. The minimum atomic E-state index is -4.28. The summed E-state index contributed by atoms with van der Waals surface area (Å²) in [5.41, 5.74) is 0.561. The molecule has 0 saturated carbocycles. The first-order valence-corrected chi connectivity index (χ1v) is 6.64. The fraction of sp³-hybridized carbons (Fsp3) is 0.769. The zero-order valence-electron chi connectivity index (χ0n) is 12.1. The highest BCUT2D eigenvalue weighted by Gasteiger charge is 2.39. The van der Waals surface area contributed by atoms with Crippen molar-refractivity contribution >= 4 is 0 Å². The van der Waals surface area contributed by atoms with Gasteiger partial charge in [0.05, 0.1) is 12.8 Å². The smallest absolute Gasteiger partial charge is 0.380 e. The molecule has 0 aromatic carbocycles. The average molecular weight is 293 g/mol. The van der Waals surface area contributed by atoms with Crippen LogP contribution in [0, 0.1) is 5.92 Å². The number of rotatable bonds is 8. The third kappa shape index (κ3) is 6.38. The van der Waals surface area contributed by atoms with Crippen LogP contribution in [0.15, 0.2) is 12.4 Å².